The van der Waals surface area contributed by atoms with Gasteiger partial charge in [-0.1, -0.05) is 30.9 Å². The molecule has 0 N–H and O–H groups in total. The number of furan rings is 1. The summed E-state index contributed by atoms with van der Waals surface area (Å²) in [4.78, 5) is 2.23. The molecule has 0 atom stereocenters. The Balaban J connectivity index is 1.73. The summed E-state index contributed by atoms with van der Waals surface area (Å²) in [5.41, 5.74) is 0.922. The third-order valence-corrected chi connectivity index (χ3v) is 5.06. The van der Waals surface area contributed by atoms with Crippen molar-refractivity contribution in [2.75, 3.05) is 26.8 Å². The number of rotatable bonds is 11. The maximum absolute atomic E-state index is 5.89. The lowest BCUT2D eigenvalue weighted by Gasteiger charge is -2.16. The Kier molecular flexibility index (Phi) is 9.96. The fraction of sp³-hybridized carbons (Fsp3) is 0.417. The highest BCUT2D eigenvalue weighted by atomic mass is 32.1. The van der Waals surface area contributed by atoms with Crippen LogP contribution in [0.3, 0.4) is 0 Å². The molecule has 0 saturated carbocycles. The van der Waals surface area contributed by atoms with Gasteiger partial charge in [-0.05, 0) is 67.1 Å². The van der Waals surface area contributed by atoms with Crippen molar-refractivity contribution in [3.63, 3.8) is 0 Å². The molecule has 156 valence electrons. The first-order valence-electron chi connectivity index (χ1n) is 9.80. The molecule has 0 aromatic carbocycles. The molecule has 2 aromatic heterocycles. The lowest BCUT2D eigenvalue weighted by molar-refractivity contribution is 0.0656. The molecule has 0 amide bonds. The smallest absolute Gasteiger partial charge is 0.129 e. The van der Waals surface area contributed by atoms with Crippen molar-refractivity contribution in [2.24, 2.45) is 0 Å². The van der Waals surface area contributed by atoms with Crippen molar-refractivity contribution < 1.29 is 13.9 Å². The second-order valence-corrected chi connectivity index (χ2v) is 7.89. The van der Waals surface area contributed by atoms with Crippen LogP contribution in [0.25, 0.3) is 6.08 Å². The van der Waals surface area contributed by atoms with Crippen LogP contribution in [0.5, 0.6) is 0 Å². The van der Waals surface area contributed by atoms with Gasteiger partial charge in [0, 0.05) is 7.11 Å². The highest BCUT2D eigenvalue weighted by Gasteiger charge is 2.10. The molecule has 0 bridgehead atoms. The first-order chi connectivity index (χ1) is 14.0. The van der Waals surface area contributed by atoms with Crippen molar-refractivity contribution in [2.45, 2.75) is 39.5 Å². The van der Waals surface area contributed by atoms with Gasteiger partial charge in [-0.3, -0.25) is 4.90 Å². The van der Waals surface area contributed by atoms with E-state index in [4.69, 9.17) is 13.9 Å². The number of ether oxygens (including phenoxy) is 2. The van der Waals surface area contributed by atoms with Gasteiger partial charge >= 0.3 is 0 Å². The van der Waals surface area contributed by atoms with Crippen LogP contribution in [0.2, 0.25) is 0 Å². The Bertz CT molecular complexity index is 822. The molecule has 0 fully saturated rings. The maximum atomic E-state index is 5.89. The zero-order valence-electron chi connectivity index (χ0n) is 17.8. The topological polar surface area (TPSA) is 34.8 Å². The van der Waals surface area contributed by atoms with Crippen LogP contribution < -0.4 is 0 Å². The first kappa shape index (κ1) is 23.2. The Morgan fingerprint density at radius 2 is 2.07 bits per heavy atom. The SMILES string of the molecule is CCN(CC#C/C=C/C(C)(C)OC)Cc1ccc(COC/C=C/c2ccsc2)o1. The summed E-state index contributed by atoms with van der Waals surface area (Å²) in [5.74, 6) is 8.02. The van der Waals surface area contributed by atoms with Gasteiger partial charge in [0.05, 0.1) is 25.3 Å². The van der Waals surface area contributed by atoms with Crippen molar-refractivity contribution in [3.8, 4) is 11.8 Å². The van der Waals surface area contributed by atoms with Crippen LogP contribution in [-0.4, -0.2) is 37.3 Å². The van der Waals surface area contributed by atoms with Crippen molar-refractivity contribution >= 4 is 17.4 Å². The van der Waals surface area contributed by atoms with Crippen LogP contribution in [0.1, 0.15) is 37.9 Å². The maximum Gasteiger partial charge on any atom is 0.129 e. The van der Waals surface area contributed by atoms with Crippen molar-refractivity contribution in [3.05, 3.63) is 64.3 Å². The number of thiophene rings is 1. The first-order valence-corrected chi connectivity index (χ1v) is 10.7. The van der Waals surface area contributed by atoms with Crippen LogP contribution >= 0.6 is 11.3 Å². The fourth-order valence-corrected chi connectivity index (χ4v) is 3.02. The van der Waals surface area contributed by atoms with Gasteiger partial charge in [-0.25, -0.2) is 0 Å². The molecular formula is C24H31NO3S. The quantitative estimate of drug-likeness (QED) is 0.366. The monoisotopic (exact) mass is 413 g/mol. The highest BCUT2D eigenvalue weighted by Crippen LogP contribution is 2.12. The van der Waals surface area contributed by atoms with E-state index in [-0.39, 0.29) is 5.60 Å². The molecule has 0 aliphatic heterocycles. The summed E-state index contributed by atoms with van der Waals surface area (Å²) < 4.78 is 16.9. The zero-order chi connectivity index (χ0) is 21.0. The number of methoxy groups -OCH3 is 1. The second-order valence-electron chi connectivity index (χ2n) is 7.11. The van der Waals surface area contributed by atoms with Gasteiger partial charge in [0.15, 0.2) is 0 Å². The van der Waals surface area contributed by atoms with Crippen molar-refractivity contribution in [1.29, 1.82) is 0 Å². The highest BCUT2D eigenvalue weighted by molar-refractivity contribution is 7.08. The van der Waals surface area contributed by atoms with Crippen molar-refractivity contribution in [1.82, 2.24) is 4.90 Å². The van der Waals surface area contributed by atoms with E-state index in [1.54, 1.807) is 18.4 Å². The molecule has 0 unspecified atom stereocenters. The number of hydrogen-bond acceptors (Lipinski definition) is 5. The van der Waals surface area contributed by atoms with Gasteiger partial charge in [-0.15, -0.1) is 0 Å². The molecular weight excluding hydrogens is 382 g/mol. The second kappa shape index (κ2) is 12.5. The van der Waals surface area contributed by atoms with E-state index in [1.165, 1.54) is 5.56 Å². The lowest BCUT2D eigenvalue weighted by Crippen LogP contribution is -2.22. The van der Waals surface area contributed by atoms with Gasteiger partial charge in [0.2, 0.25) is 0 Å². The summed E-state index contributed by atoms with van der Waals surface area (Å²) >= 11 is 1.69. The average molecular weight is 414 g/mol. The van der Waals surface area contributed by atoms with Crippen LogP contribution in [0.15, 0.2) is 51.6 Å². The molecule has 2 heterocycles. The van der Waals surface area contributed by atoms with E-state index in [0.29, 0.717) is 19.8 Å². The minimum atomic E-state index is -0.286. The van der Waals surface area contributed by atoms with Crippen LogP contribution in [0, 0.1) is 11.8 Å². The Morgan fingerprint density at radius 3 is 2.79 bits per heavy atom. The summed E-state index contributed by atoms with van der Waals surface area (Å²) in [5, 5.41) is 4.17. The van der Waals surface area contributed by atoms with Crippen LogP contribution in [0.4, 0.5) is 0 Å². The molecule has 0 aliphatic rings. The molecule has 2 aromatic rings. The molecule has 0 saturated heterocycles. The van der Waals surface area contributed by atoms with E-state index in [1.807, 2.05) is 44.2 Å². The van der Waals surface area contributed by atoms with Gasteiger partial charge in [0.1, 0.15) is 18.1 Å². The number of hydrogen-bond donors (Lipinski definition) is 0. The van der Waals surface area contributed by atoms with E-state index in [2.05, 4.69) is 46.6 Å². The van der Waals surface area contributed by atoms with E-state index in [9.17, 15) is 0 Å². The number of allylic oxidation sites excluding steroid dienone is 1. The molecule has 0 radical (unpaired) electrons. The predicted octanol–water partition coefficient (Wildman–Crippen LogP) is 5.38. The minimum absolute atomic E-state index is 0.286. The zero-order valence-corrected chi connectivity index (χ0v) is 18.6. The molecule has 4 nitrogen and oxygen atoms in total. The van der Waals surface area contributed by atoms with Gasteiger partial charge in [0.25, 0.3) is 0 Å². The standard InChI is InChI=1S/C24H31NO3S/c1-5-25(15-8-6-7-14-24(2,3)26-4)18-22-11-12-23(28-22)19-27-16-9-10-21-13-17-29-20-21/h7,9-14,17,20H,5,15-16,18-19H2,1-4H3/b10-9+,14-7+. The third-order valence-electron chi connectivity index (χ3n) is 4.35. The van der Waals surface area contributed by atoms with Gasteiger partial charge in [-0.2, -0.15) is 11.3 Å². The molecule has 5 heteroatoms. The summed E-state index contributed by atoms with van der Waals surface area (Å²) in [6, 6.07) is 6.07. The van der Waals surface area contributed by atoms with E-state index in [0.717, 1.165) is 24.6 Å². The molecule has 29 heavy (non-hydrogen) atoms. The Hall–Kier alpha value is -2.10. The third kappa shape index (κ3) is 9.29. The number of nitrogens with zero attached hydrogens (tertiary/aromatic N) is 1. The fourth-order valence-electron chi connectivity index (χ4n) is 2.39. The molecule has 0 aliphatic carbocycles. The average Bonchev–Trinajstić information content (AvgIpc) is 3.38. The van der Waals surface area contributed by atoms with E-state index >= 15 is 0 Å². The minimum Gasteiger partial charge on any atom is -0.462 e. The van der Waals surface area contributed by atoms with Gasteiger partial charge < -0.3 is 13.9 Å². The van der Waals surface area contributed by atoms with Crippen LogP contribution in [-0.2, 0) is 22.6 Å². The van der Waals surface area contributed by atoms with E-state index < -0.39 is 0 Å². The summed E-state index contributed by atoms with van der Waals surface area (Å²) in [6.07, 6.45) is 7.90. The molecule has 0 spiro atoms. The normalized spacial score (nSPS) is 12.2. The lowest BCUT2D eigenvalue weighted by atomic mass is 10.1. The summed E-state index contributed by atoms with van der Waals surface area (Å²) in [7, 11) is 1.70. The predicted molar refractivity (Wildman–Crippen MR) is 121 cm³/mol. The summed E-state index contributed by atoms with van der Waals surface area (Å²) in [6.45, 7) is 9.49. The Morgan fingerprint density at radius 1 is 1.24 bits per heavy atom. The molecule has 2 rings (SSSR count). The Labute approximate surface area is 178 Å². The largest absolute Gasteiger partial charge is 0.462 e.